The summed E-state index contributed by atoms with van der Waals surface area (Å²) in [6.07, 6.45) is 0. The third-order valence-corrected chi connectivity index (χ3v) is 5.24. The van der Waals surface area contributed by atoms with Crippen molar-refractivity contribution in [2.45, 2.75) is 25.4 Å². The molecule has 0 fully saturated rings. The zero-order chi connectivity index (χ0) is 19.2. The highest BCUT2D eigenvalue weighted by Crippen LogP contribution is 2.23. The zero-order valence-corrected chi connectivity index (χ0v) is 16.8. The summed E-state index contributed by atoms with van der Waals surface area (Å²) in [5.74, 6) is 0.251. The van der Waals surface area contributed by atoms with Crippen molar-refractivity contribution in [3.8, 4) is 11.3 Å². The summed E-state index contributed by atoms with van der Waals surface area (Å²) in [5, 5.41) is 12.9. The van der Waals surface area contributed by atoms with Crippen LogP contribution in [0.5, 0.6) is 0 Å². The molecule has 3 aromatic rings. The highest BCUT2D eigenvalue weighted by molar-refractivity contribution is 7.99. The fourth-order valence-corrected chi connectivity index (χ4v) is 3.32. The molecule has 0 saturated carbocycles. The molecule has 1 amide bonds. The average Bonchev–Trinajstić information content (AvgIpc) is 2.68. The molecule has 138 valence electrons. The Morgan fingerprint density at radius 2 is 1.81 bits per heavy atom. The number of carbonyl (C=O) groups is 1. The largest absolute Gasteiger partial charge is 0.351 e. The number of benzene rings is 2. The topological polar surface area (TPSA) is 54.9 Å². The Morgan fingerprint density at radius 1 is 1.04 bits per heavy atom. The van der Waals surface area contributed by atoms with Gasteiger partial charge in [-0.05, 0) is 55.3 Å². The molecule has 1 heterocycles. The van der Waals surface area contributed by atoms with Crippen LogP contribution in [-0.4, -0.2) is 21.9 Å². The number of carbonyl (C=O) groups excluding carboxylic acids is 1. The molecule has 2 aromatic carbocycles. The highest BCUT2D eigenvalue weighted by Gasteiger charge is 2.07. The van der Waals surface area contributed by atoms with Crippen LogP contribution in [0, 0.1) is 13.8 Å². The highest BCUT2D eigenvalue weighted by atomic mass is 35.5. The average molecular weight is 398 g/mol. The number of rotatable bonds is 6. The lowest BCUT2D eigenvalue weighted by Crippen LogP contribution is -2.24. The summed E-state index contributed by atoms with van der Waals surface area (Å²) in [6, 6.07) is 17.5. The molecule has 0 radical (unpaired) electrons. The normalized spacial score (nSPS) is 10.6. The molecule has 0 aliphatic heterocycles. The van der Waals surface area contributed by atoms with E-state index in [4.69, 9.17) is 11.6 Å². The number of hydrogen-bond acceptors (Lipinski definition) is 4. The molecule has 6 heteroatoms. The van der Waals surface area contributed by atoms with E-state index in [2.05, 4.69) is 47.6 Å². The summed E-state index contributed by atoms with van der Waals surface area (Å²) in [6.45, 7) is 4.60. The molecule has 0 saturated heterocycles. The maximum absolute atomic E-state index is 12.0. The van der Waals surface area contributed by atoms with Crippen molar-refractivity contribution < 1.29 is 4.79 Å². The van der Waals surface area contributed by atoms with Gasteiger partial charge in [0.2, 0.25) is 5.91 Å². The number of nitrogens with zero attached hydrogens (tertiary/aromatic N) is 2. The van der Waals surface area contributed by atoms with E-state index in [0.717, 1.165) is 27.4 Å². The second-order valence-corrected chi connectivity index (χ2v) is 7.70. The molecule has 0 spiro atoms. The summed E-state index contributed by atoms with van der Waals surface area (Å²) in [4.78, 5) is 12.0. The van der Waals surface area contributed by atoms with Crippen molar-refractivity contribution >= 4 is 29.3 Å². The molecule has 1 N–H and O–H groups in total. The predicted octanol–water partition coefficient (Wildman–Crippen LogP) is 4.82. The van der Waals surface area contributed by atoms with E-state index in [1.54, 1.807) is 0 Å². The van der Waals surface area contributed by atoms with Gasteiger partial charge in [0, 0.05) is 17.1 Å². The molecule has 0 bridgehead atoms. The summed E-state index contributed by atoms with van der Waals surface area (Å²) < 4.78 is 0. The molecule has 4 nitrogen and oxygen atoms in total. The molecule has 27 heavy (non-hydrogen) atoms. The Bertz CT molecular complexity index is 927. The first-order valence-electron chi connectivity index (χ1n) is 8.56. The van der Waals surface area contributed by atoms with E-state index in [1.165, 1.54) is 17.3 Å². The molecule has 0 unspecified atom stereocenters. The van der Waals surface area contributed by atoms with Crippen molar-refractivity contribution in [3.05, 3.63) is 76.3 Å². The van der Waals surface area contributed by atoms with E-state index >= 15 is 0 Å². The van der Waals surface area contributed by atoms with Crippen molar-refractivity contribution in [2.75, 3.05) is 5.75 Å². The predicted molar refractivity (Wildman–Crippen MR) is 111 cm³/mol. The standard InChI is InChI=1S/C21H20ClN3OS/c1-14-3-4-15(2)18(11-14)19-9-10-21(25-24-19)27-13-20(26)23-12-16-5-7-17(22)8-6-16/h3-11H,12-13H2,1-2H3,(H,23,26). The van der Waals surface area contributed by atoms with Crippen LogP contribution in [0.4, 0.5) is 0 Å². The van der Waals surface area contributed by atoms with Gasteiger partial charge < -0.3 is 5.32 Å². The first kappa shape index (κ1) is 19.4. The van der Waals surface area contributed by atoms with Gasteiger partial charge >= 0.3 is 0 Å². The number of thioether (sulfide) groups is 1. The van der Waals surface area contributed by atoms with Gasteiger partial charge in [-0.2, -0.15) is 0 Å². The molecular formula is C21H20ClN3OS. The number of aryl methyl sites for hydroxylation is 2. The number of hydrogen-bond donors (Lipinski definition) is 1. The van der Waals surface area contributed by atoms with Crippen LogP contribution in [0.15, 0.2) is 59.6 Å². The van der Waals surface area contributed by atoms with Gasteiger partial charge in [0.1, 0.15) is 5.03 Å². The Balaban J connectivity index is 1.53. The number of amides is 1. The van der Waals surface area contributed by atoms with Crippen LogP contribution in [0.3, 0.4) is 0 Å². The molecule has 0 aliphatic rings. The van der Waals surface area contributed by atoms with Crippen LogP contribution in [0.2, 0.25) is 5.02 Å². The monoisotopic (exact) mass is 397 g/mol. The number of halogens is 1. The van der Waals surface area contributed by atoms with Crippen LogP contribution in [-0.2, 0) is 11.3 Å². The van der Waals surface area contributed by atoms with E-state index < -0.39 is 0 Å². The lowest BCUT2D eigenvalue weighted by atomic mass is 10.0. The van der Waals surface area contributed by atoms with Crippen molar-refractivity contribution in [2.24, 2.45) is 0 Å². The second-order valence-electron chi connectivity index (χ2n) is 6.27. The fraction of sp³-hybridized carbons (Fsp3) is 0.190. The summed E-state index contributed by atoms with van der Waals surface area (Å²) in [5.41, 5.74) is 5.29. The molecule has 1 aromatic heterocycles. The van der Waals surface area contributed by atoms with Crippen LogP contribution in [0.1, 0.15) is 16.7 Å². The third-order valence-electron chi connectivity index (χ3n) is 4.06. The minimum atomic E-state index is -0.0460. The number of nitrogens with one attached hydrogen (secondary N) is 1. The minimum absolute atomic E-state index is 0.0460. The van der Waals surface area contributed by atoms with Gasteiger partial charge in [-0.3, -0.25) is 4.79 Å². The van der Waals surface area contributed by atoms with E-state index in [9.17, 15) is 4.79 Å². The maximum Gasteiger partial charge on any atom is 0.230 e. The molecule has 3 rings (SSSR count). The van der Waals surface area contributed by atoms with Crippen LogP contribution >= 0.6 is 23.4 Å². The Morgan fingerprint density at radius 3 is 2.52 bits per heavy atom. The molecular weight excluding hydrogens is 378 g/mol. The van der Waals surface area contributed by atoms with Gasteiger partial charge in [-0.1, -0.05) is 53.2 Å². The van der Waals surface area contributed by atoms with Gasteiger partial charge in [0.25, 0.3) is 0 Å². The van der Waals surface area contributed by atoms with Gasteiger partial charge in [-0.25, -0.2) is 0 Å². The zero-order valence-electron chi connectivity index (χ0n) is 15.2. The van der Waals surface area contributed by atoms with Gasteiger partial charge in [0.05, 0.1) is 11.4 Å². The second kappa shape index (κ2) is 9.02. The Hall–Kier alpha value is -2.37. The fourth-order valence-electron chi connectivity index (χ4n) is 2.55. The van der Waals surface area contributed by atoms with Crippen molar-refractivity contribution in [3.63, 3.8) is 0 Å². The third kappa shape index (κ3) is 5.55. The molecule has 0 atom stereocenters. The SMILES string of the molecule is Cc1ccc(C)c(-c2ccc(SCC(=O)NCc3ccc(Cl)cc3)nn2)c1. The summed E-state index contributed by atoms with van der Waals surface area (Å²) >= 11 is 7.23. The first-order chi connectivity index (χ1) is 13.0. The Kier molecular flexibility index (Phi) is 6.48. The van der Waals surface area contributed by atoms with Crippen LogP contribution < -0.4 is 5.32 Å². The minimum Gasteiger partial charge on any atom is -0.351 e. The molecule has 0 aliphatic carbocycles. The number of aromatic nitrogens is 2. The van der Waals surface area contributed by atoms with Gasteiger partial charge in [0.15, 0.2) is 0 Å². The quantitative estimate of drug-likeness (QED) is 0.605. The van der Waals surface area contributed by atoms with Crippen molar-refractivity contribution in [1.82, 2.24) is 15.5 Å². The lowest BCUT2D eigenvalue weighted by molar-refractivity contribution is -0.118. The van der Waals surface area contributed by atoms with Gasteiger partial charge in [-0.15, -0.1) is 10.2 Å². The van der Waals surface area contributed by atoms with Crippen molar-refractivity contribution in [1.29, 1.82) is 0 Å². The Labute approximate surface area is 168 Å². The smallest absolute Gasteiger partial charge is 0.230 e. The van der Waals surface area contributed by atoms with E-state index in [0.29, 0.717) is 17.3 Å². The van der Waals surface area contributed by atoms with E-state index in [-0.39, 0.29) is 5.91 Å². The first-order valence-corrected chi connectivity index (χ1v) is 9.93. The maximum atomic E-state index is 12.0. The van der Waals surface area contributed by atoms with Crippen LogP contribution in [0.25, 0.3) is 11.3 Å². The lowest BCUT2D eigenvalue weighted by Gasteiger charge is -2.07. The van der Waals surface area contributed by atoms with E-state index in [1.807, 2.05) is 36.4 Å². The summed E-state index contributed by atoms with van der Waals surface area (Å²) in [7, 11) is 0.